The molecule has 2 rings (SSSR count). The van der Waals surface area contributed by atoms with Crippen LogP contribution in [-0.2, 0) is 0 Å². The lowest BCUT2D eigenvalue weighted by atomic mass is 10.1. The van der Waals surface area contributed by atoms with Crippen molar-refractivity contribution >= 4 is 5.78 Å². The van der Waals surface area contributed by atoms with Crippen molar-refractivity contribution in [3.63, 3.8) is 0 Å². The molecule has 0 N–H and O–H groups in total. The van der Waals surface area contributed by atoms with Crippen LogP contribution in [0.4, 0.5) is 0 Å². The lowest BCUT2D eigenvalue weighted by Gasteiger charge is -2.08. The summed E-state index contributed by atoms with van der Waals surface area (Å²) in [6, 6.07) is 15.3. The summed E-state index contributed by atoms with van der Waals surface area (Å²) in [4.78, 5) is 12.1. The molecule has 2 aromatic carbocycles. The van der Waals surface area contributed by atoms with Gasteiger partial charge in [-0.15, -0.1) is 0 Å². The molecule has 0 atom stereocenters. The van der Waals surface area contributed by atoms with E-state index in [1.54, 1.807) is 49.6 Å². The average molecular weight is 285 g/mol. The minimum Gasteiger partial charge on any atom is -0.497 e. The first kappa shape index (κ1) is 14.9. The molecule has 4 nitrogen and oxygen atoms in total. The van der Waals surface area contributed by atoms with Crippen molar-refractivity contribution in [3.8, 4) is 17.2 Å². The number of benzene rings is 2. The van der Waals surface area contributed by atoms with Crippen LogP contribution in [0.5, 0.6) is 17.2 Å². The molecular formula is C17H17O4. The molecule has 0 aliphatic carbocycles. The van der Waals surface area contributed by atoms with Gasteiger partial charge in [-0.05, 0) is 31.2 Å². The molecule has 1 radical (unpaired) electrons. The summed E-state index contributed by atoms with van der Waals surface area (Å²) in [5.74, 6) is 1.61. The van der Waals surface area contributed by atoms with Crippen LogP contribution in [0, 0.1) is 6.07 Å². The highest BCUT2D eigenvalue weighted by molar-refractivity contribution is 5.97. The summed E-state index contributed by atoms with van der Waals surface area (Å²) in [5.41, 5.74) is 0.551. The third-order valence-corrected chi connectivity index (χ3v) is 2.79. The maximum atomic E-state index is 12.1. The minimum atomic E-state index is -0.121. The second kappa shape index (κ2) is 7.33. The smallest absolute Gasteiger partial charge is 0.200 e. The van der Waals surface area contributed by atoms with Gasteiger partial charge < -0.3 is 14.2 Å². The lowest BCUT2D eigenvalue weighted by molar-refractivity contribution is 0.0920. The van der Waals surface area contributed by atoms with E-state index in [1.165, 1.54) is 0 Å². The quantitative estimate of drug-likeness (QED) is 0.733. The Balaban J connectivity index is 1.98. The van der Waals surface area contributed by atoms with Crippen LogP contribution < -0.4 is 14.2 Å². The standard InChI is InChI=1S/C17H17O4/c1-3-20-15-8-5-9-16(11-15)21-12-17(18)13-6-4-7-14(10-13)19-2/h4-10H,3,12H2,1-2H3. The number of hydrogen-bond donors (Lipinski definition) is 0. The first-order valence-electron chi connectivity index (χ1n) is 6.68. The number of methoxy groups -OCH3 is 1. The van der Waals surface area contributed by atoms with Gasteiger partial charge in [0.05, 0.1) is 19.8 Å². The van der Waals surface area contributed by atoms with Gasteiger partial charge in [-0.3, -0.25) is 4.79 Å². The van der Waals surface area contributed by atoms with Gasteiger partial charge in [-0.2, -0.15) is 0 Å². The second-order valence-corrected chi connectivity index (χ2v) is 4.26. The van der Waals surface area contributed by atoms with Crippen molar-refractivity contribution in [1.82, 2.24) is 0 Å². The first-order valence-corrected chi connectivity index (χ1v) is 6.68. The number of carbonyl (C=O) groups is 1. The van der Waals surface area contributed by atoms with E-state index in [2.05, 4.69) is 6.07 Å². The van der Waals surface area contributed by atoms with Crippen LogP contribution >= 0.6 is 0 Å². The first-order chi connectivity index (χ1) is 10.2. The largest absolute Gasteiger partial charge is 0.497 e. The van der Waals surface area contributed by atoms with E-state index in [4.69, 9.17) is 14.2 Å². The zero-order chi connectivity index (χ0) is 15.1. The molecular weight excluding hydrogens is 268 g/mol. The number of hydrogen-bond acceptors (Lipinski definition) is 4. The summed E-state index contributed by atoms with van der Waals surface area (Å²) >= 11 is 0. The molecule has 2 aromatic rings. The fraction of sp³-hybridized carbons (Fsp3) is 0.235. The predicted molar refractivity (Wildman–Crippen MR) is 79.3 cm³/mol. The van der Waals surface area contributed by atoms with E-state index in [1.807, 2.05) is 6.92 Å². The topological polar surface area (TPSA) is 44.8 Å². The SMILES string of the molecule is CCOc1[c]c(OCC(=O)c2cccc(OC)c2)ccc1. The van der Waals surface area contributed by atoms with Gasteiger partial charge >= 0.3 is 0 Å². The summed E-state index contributed by atoms with van der Waals surface area (Å²) in [7, 11) is 1.56. The Hall–Kier alpha value is -2.49. The number of carbonyl (C=O) groups excluding carboxylic acids is 1. The van der Waals surface area contributed by atoms with Gasteiger partial charge in [0, 0.05) is 5.56 Å². The van der Waals surface area contributed by atoms with E-state index in [-0.39, 0.29) is 12.4 Å². The molecule has 0 unspecified atom stereocenters. The maximum Gasteiger partial charge on any atom is 0.200 e. The Labute approximate surface area is 124 Å². The number of ether oxygens (including phenoxy) is 3. The number of rotatable bonds is 7. The molecule has 0 aromatic heterocycles. The molecule has 21 heavy (non-hydrogen) atoms. The van der Waals surface area contributed by atoms with Crippen molar-refractivity contribution in [3.05, 3.63) is 54.1 Å². The maximum absolute atomic E-state index is 12.1. The zero-order valence-electron chi connectivity index (χ0n) is 12.1. The molecule has 109 valence electrons. The zero-order valence-corrected chi connectivity index (χ0v) is 12.1. The van der Waals surface area contributed by atoms with Gasteiger partial charge in [0.15, 0.2) is 12.4 Å². The summed E-state index contributed by atoms with van der Waals surface area (Å²) in [5, 5.41) is 0. The van der Waals surface area contributed by atoms with E-state index >= 15 is 0 Å². The molecule has 0 amide bonds. The van der Waals surface area contributed by atoms with Crippen LogP contribution in [0.15, 0.2) is 42.5 Å². The molecule has 0 spiro atoms. The van der Waals surface area contributed by atoms with Gasteiger partial charge in [0.25, 0.3) is 0 Å². The number of ketones is 1. The Morgan fingerprint density at radius 1 is 1.10 bits per heavy atom. The minimum absolute atomic E-state index is 0.0563. The Morgan fingerprint density at radius 2 is 1.81 bits per heavy atom. The summed E-state index contributed by atoms with van der Waals surface area (Å²) in [6.07, 6.45) is 0. The average Bonchev–Trinajstić information content (AvgIpc) is 2.53. The molecule has 0 saturated carbocycles. The third-order valence-electron chi connectivity index (χ3n) is 2.79. The lowest BCUT2D eigenvalue weighted by Crippen LogP contribution is -2.11. The van der Waals surface area contributed by atoms with Gasteiger partial charge in [-0.1, -0.05) is 18.2 Å². The van der Waals surface area contributed by atoms with Crippen molar-refractivity contribution < 1.29 is 19.0 Å². The fourth-order valence-corrected chi connectivity index (χ4v) is 1.77. The Morgan fingerprint density at radius 3 is 2.52 bits per heavy atom. The van der Waals surface area contributed by atoms with Crippen molar-refractivity contribution in [2.24, 2.45) is 0 Å². The van der Waals surface area contributed by atoms with Crippen LogP contribution in [0.1, 0.15) is 17.3 Å². The molecule has 0 fully saturated rings. The van der Waals surface area contributed by atoms with Crippen molar-refractivity contribution in [1.29, 1.82) is 0 Å². The normalized spacial score (nSPS) is 10.0. The Kier molecular flexibility index (Phi) is 5.21. The van der Waals surface area contributed by atoms with E-state index in [0.717, 1.165) is 0 Å². The van der Waals surface area contributed by atoms with Crippen LogP contribution in [0.3, 0.4) is 0 Å². The molecule has 0 saturated heterocycles. The predicted octanol–water partition coefficient (Wildman–Crippen LogP) is 3.16. The van der Waals surface area contributed by atoms with Crippen LogP contribution in [0.25, 0.3) is 0 Å². The molecule has 4 heteroatoms. The molecule has 0 aliphatic rings. The van der Waals surface area contributed by atoms with Crippen LogP contribution in [0.2, 0.25) is 0 Å². The van der Waals surface area contributed by atoms with Gasteiger partial charge in [0.1, 0.15) is 17.2 Å². The highest BCUT2D eigenvalue weighted by atomic mass is 16.5. The van der Waals surface area contributed by atoms with Crippen LogP contribution in [-0.4, -0.2) is 26.1 Å². The highest BCUT2D eigenvalue weighted by Gasteiger charge is 2.08. The third kappa shape index (κ3) is 4.24. The summed E-state index contributed by atoms with van der Waals surface area (Å²) < 4.78 is 15.9. The molecule has 0 aliphatic heterocycles. The summed E-state index contributed by atoms with van der Waals surface area (Å²) in [6.45, 7) is 2.40. The molecule has 0 bridgehead atoms. The Bertz CT molecular complexity index is 607. The second-order valence-electron chi connectivity index (χ2n) is 4.26. The number of Topliss-reactive ketones (excluding diaryl/α,β-unsaturated/α-hetero) is 1. The van der Waals surface area contributed by atoms with E-state index in [9.17, 15) is 4.79 Å². The molecule has 0 heterocycles. The monoisotopic (exact) mass is 285 g/mol. The highest BCUT2D eigenvalue weighted by Crippen LogP contribution is 2.19. The van der Waals surface area contributed by atoms with Crippen molar-refractivity contribution in [2.45, 2.75) is 6.92 Å². The van der Waals surface area contributed by atoms with Gasteiger partial charge in [-0.25, -0.2) is 0 Å². The fourth-order valence-electron chi connectivity index (χ4n) is 1.77. The van der Waals surface area contributed by atoms with E-state index in [0.29, 0.717) is 29.4 Å². The van der Waals surface area contributed by atoms with Crippen molar-refractivity contribution in [2.75, 3.05) is 20.3 Å². The van der Waals surface area contributed by atoms with E-state index < -0.39 is 0 Å². The van der Waals surface area contributed by atoms with Gasteiger partial charge in [0.2, 0.25) is 0 Å².